The first-order valence-corrected chi connectivity index (χ1v) is 6.98. The first kappa shape index (κ1) is 13.7. The predicted molar refractivity (Wildman–Crippen MR) is 72.1 cm³/mol. The highest BCUT2D eigenvalue weighted by Gasteiger charge is 2.13. The molecule has 0 fully saturated rings. The minimum atomic E-state index is -1.51. The van der Waals surface area contributed by atoms with E-state index >= 15 is 0 Å². The third-order valence-corrected chi connectivity index (χ3v) is 4.17. The summed E-state index contributed by atoms with van der Waals surface area (Å²) in [4.78, 5) is 0.509. The second kappa shape index (κ2) is 5.48. The van der Waals surface area contributed by atoms with Crippen molar-refractivity contribution in [3.05, 3.63) is 59.2 Å². The van der Waals surface area contributed by atoms with Crippen LogP contribution in [0.25, 0.3) is 0 Å². The van der Waals surface area contributed by atoms with E-state index in [9.17, 15) is 13.0 Å². The van der Waals surface area contributed by atoms with Crippen LogP contribution in [0, 0.1) is 18.6 Å². The summed E-state index contributed by atoms with van der Waals surface area (Å²) in [5.41, 5.74) is 6.90. The van der Waals surface area contributed by atoms with Crippen LogP contribution in [0.15, 0.2) is 41.3 Å². The minimum Gasteiger partial charge on any atom is -0.399 e. The van der Waals surface area contributed by atoms with Crippen LogP contribution in [-0.4, -0.2) is 4.21 Å². The SMILES string of the molecule is Cc1cc(S(=O)Cc2c(F)cccc2F)ccc1N. The van der Waals surface area contributed by atoms with E-state index in [-0.39, 0.29) is 11.3 Å². The van der Waals surface area contributed by atoms with Crippen molar-refractivity contribution >= 4 is 16.5 Å². The number of hydrogen-bond acceptors (Lipinski definition) is 2. The van der Waals surface area contributed by atoms with Gasteiger partial charge < -0.3 is 5.73 Å². The van der Waals surface area contributed by atoms with Crippen molar-refractivity contribution in [3.8, 4) is 0 Å². The number of hydrogen-bond donors (Lipinski definition) is 1. The molecule has 0 aliphatic carbocycles. The molecule has 0 amide bonds. The quantitative estimate of drug-likeness (QED) is 0.878. The summed E-state index contributed by atoms with van der Waals surface area (Å²) in [6.07, 6.45) is 0. The maximum atomic E-state index is 13.5. The Hall–Kier alpha value is -1.75. The lowest BCUT2D eigenvalue weighted by molar-refractivity contribution is 0.564. The number of benzene rings is 2. The number of nitrogens with two attached hydrogens (primary N) is 1. The predicted octanol–water partition coefficient (Wildman–Crippen LogP) is 3.16. The molecule has 2 rings (SSSR count). The zero-order valence-electron chi connectivity index (χ0n) is 10.3. The molecule has 5 heteroatoms. The van der Waals surface area contributed by atoms with Crippen LogP contribution in [0.5, 0.6) is 0 Å². The summed E-state index contributed by atoms with van der Waals surface area (Å²) >= 11 is 0. The topological polar surface area (TPSA) is 43.1 Å². The monoisotopic (exact) mass is 281 g/mol. The molecule has 0 saturated heterocycles. The Bertz CT molecular complexity index is 623. The number of aryl methyl sites for hydroxylation is 1. The molecule has 2 aromatic carbocycles. The fourth-order valence-electron chi connectivity index (χ4n) is 1.67. The van der Waals surface area contributed by atoms with Gasteiger partial charge in [-0.15, -0.1) is 0 Å². The zero-order chi connectivity index (χ0) is 14.0. The molecule has 1 unspecified atom stereocenters. The van der Waals surface area contributed by atoms with Crippen LogP contribution < -0.4 is 5.73 Å². The van der Waals surface area contributed by atoms with Gasteiger partial charge in [-0.05, 0) is 42.8 Å². The molecule has 0 saturated carbocycles. The number of nitrogen functional groups attached to an aromatic ring is 1. The first-order chi connectivity index (χ1) is 8.99. The Morgan fingerprint density at radius 2 is 1.79 bits per heavy atom. The van der Waals surface area contributed by atoms with Crippen molar-refractivity contribution < 1.29 is 13.0 Å². The maximum absolute atomic E-state index is 13.5. The number of anilines is 1. The molecular weight excluding hydrogens is 268 g/mol. The van der Waals surface area contributed by atoms with Gasteiger partial charge in [-0.2, -0.15) is 0 Å². The van der Waals surface area contributed by atoms with Gasteiger partial charge in [0.1, 0.15) is 11.6 Å². The van der Waals surface area contributed by atoms with E-state index in [4.69, 9.17) is 5.73 Å². The molecule has 0 aromatic heterocycles. The van der Waals surface area contributed by atoms with E-state index in [2.05, 4.69) is 0 Å². The fourth-order valence-corrected chi connectivity index (χ4v) is 2.91. The highest BCUT2D eigenvalue weighted by molar-refractivity contribution is 7.84. The fraction of sp³-hybridized carbons (Fsp3) is 0.143. The van der Waals surface area contributed by atoms with E-state index in [1.54, 1.807) is 25.1 Å². The maximum Gasteiger partial charge on any atom is 0.130 e. The normalized spacial score (nSPS) is 12.4. The van der Waals surface area contributed by atoms with E-state index in [0.717, 1.165) is 17.7 Å². The lowest BCUT2D eigenvalue weighted by Gasteiger charge is -2.07. The Kier molecular flexibility index (Phi) is 3.95. The Balaban J connectivity index is 2.28. The molecule has 2 aromatic rings. The first-order valence-electron chi connectivity index (χ1n) is 5.66. The van der Waals surface area contributed by atoms with Gasteiger partial charge in [0.2, 0.25) is 0 Å². The van der Waals surface area contributed by atoms with Crippen molar-refractivity contribution in [2.75, 3.05) is 5.73 Å². The third-order valence-electron chi connectivity index (χ3n) is 2.84. The molecule has 0 heterocycles. The van der Waals surface area contributed by atoms with E-state index in [1.165, 1.54) is 6.07 Å². The van der Waals surface area contributed by atoms with Crippen LogP contribution in [0.3, 0.4) is 0 Å². The molecule has 1 atom stereocenters. The summed E-state index contributed by atoms with van der Waals surface area (Å²) < 4.78 is 39.1. The summed E-state index contributed by atoms with van der Waals surface area (Å²) in [5.74, 6) is -1.55. The standard InChI is InChI=1S/C14H13F2NOS/c1-9-7-10(5-6-14(9)17)19(18)8-11-12(15)3-2-4-13(11)16/h2-7H,8,17H2,1H3. The van der Waals surface area contributed by atoms with Gasteiger partial charge in [-0.25, -0.2) is 8.78 Å². The summed E-state index contributed by atoms with van der Waals surface area (Å²) in [6, 6.07) is 8.51. The van der Waals surface area contributed by atoms with Crippen molar-refractivity contribution in [1.82, 2.24) is 0 Å². The average molecular weight is 281 g/mol. The molecule has 19 heavy (non-hydrogen) atoms. The molecule has 100 valence electrons. The van der Waals surface area contributed by atoms with Crippen molar-refractivity contribution in [2.24, 2.45) is 0 Å². The second-order valence-corrected chi connectivity index (χ2v) is 5.66. The molecule has 0 aliphatic rings. The van der Waals surface area contributed by atoms with Crippen molar-refractivity contribution in [1.29, 1.82) is 0 Å². The smallest absolute Gasteiger partial charge is 0.130 e. The van der Waals surface area contributed by atoms with Crippen LogP contribution in [0.4, 0.5) is 14.5 Å². The van der Waals surface area contributed by atoms with Crippen LogP contribution >= 0.6 is 0 Å². The second-order valence-electron chi connectivity index (χ2n) is 4.21. The Labute approximate surface area is 112 Å². The van der Waals surface area contributed by atoms with Crippen LogP contribution in [-0.2, 0) is 16.6 Å². The van der Waals surface area contributed by atoms with E-state index in [1.807, 2.05) is 0 Å². The number of halogens is 2. The highest BCUT2D eigenvalue weighted by Crippen LogP contribution is 2.20. The molecular formula is C14H13F2NOS. The van der Waals surface area contributed by atoms with E-state index in [0.29, 0.717) is 10.6 Å². The highest BCUT2D eigenvalue weighted by atomic mass is 32.2. The van der Waals surface area contributed by atoms with Gasteiger partial charge in [0.15, 0.2) is 0 Å². The van der Waals surface area contributed by atoms with Gasteiger partial charge in [-0.1, -0.05) is 6.07 Å². The summed E-state index contributed by atoms with van der Waals surface area (Å²) in [7, 11) is -1.51. The Morgan fingerprint density at radius 1 is 1.16 bits per heavy atom. The van der Waals surface area contributed by atoms with Gasteiger partial charge in [-0.3, -0.25) is 4.21 Å². The lowest BCUT2D eigenvalue weighted by atomic mass is 10.2. The summed E-state index contributed by atoms with van der Waals surface area (Å²) in [5, 5.41) is 0. The van der Waals surface area contributed by atoms with Crippen LogP contribution in [0.2, 0.25) is 0 Å². The van der Waals surface area contributed by atoms with Gasteiger partial charge in [0, 0.05) is 16.1 Å². The number of rotatable bonds is 3. The molecule has 0 radical (unpaired) electrons. The van der Waals surface area contributed by atoms with Gasteiger partial charge in [0.25, 0.3) is 0 Å². The Morgan fingerprint density at radius 3 is 2.37 bits per heavy atom. The lowest BCUT2D eigenvalue weighted by Crippen LogP contribution is -2.03. The van der Waals surface area contributed by atoms with Gasteiger partial charge >= 0.3 is 0 Å². The molecule has 2 N–H and O–H groups in total. The molecule has 2 nitrogen and oxygen atoms in total. The van der Waals surface area contributed by atoms with E-state index < -0.39 is 22.4 Å². The molecule has 0 aliphatic heterocycles. The third kappa shape index (κ3) is 2.98. The van der Waals surface area contributed by atoms with Crippen LogP contribution in [0.1, 0.15) is 11.1 Å². The molecule has 0 bridgehead atoms. The largest absolute Gasteiger partial charge is 0.399 e. The minimum absolute atomic E-state index is 0.157. The zero-order valence-corrected chi connectivity index (χ0v) is 11.1. The van der Waals surface area contributed by atoms with Gasteiger partial charge in [0.05, 0.1) is 16.6 Å². The van der Waals surface area contributed by atoms with Crippen molar-refractivity contribution in [3.63, 3.8) is 0 Å². The summed E-state index contributed by atoms with van der Waals surface area (Å²) in [6.45, 7) is 1.79. The van der Waals surface area contributed by atoms with Crippen molar-refractivity contribution in [2.45, 2.75) is 17.6 Å². The molecule has 0 spiro atoms. The average Bonchev–Trinajstić information content (AvgIpc) is 2.37.